The van der Waals surface area contributed by atoms with Gasteiger partial charge in [-0.25, -0.2) is 0 Å². The van der Waals surface area contributed by atoms with Crippen molar-refractivity contribution in [2.45, 2.75) is 12.6 Å². The fourth-order valence-electron chi connectivity index (χ4n) is 1.58. The van der Waals surface area contributed by atoms with Gasteiger partial charge in [-0.15, -0.1) is 0 Å². The molecule has 1 aromatic rings. The van der Waals surface area contributed by atoms with E-state index in [1.807, 2.05) is 0 Å². The maximum absolute atomic E-state index is 11.5. The first kappa shape index (κ1) is 11.1. The van der Waals surface area contributed by atoms with Gasteiger partial charge in [-0.2, -0.15) is 5.10 Å². The second-order valence-electron chi connectivity index (χ2n) is 3.70. The minimum Gasteiger partial charge on any atom is -0.374 e. The zero-order chi connectivity index (χ0) is 11.2. The van der Waals surface area contributed by atoms with Crippen LogP contribution in [0.2, 0.25) is 0 Å². The van der Waals surface area contributed by atoms with Gasteiger partial charge in [0.2, 0.25) is 5.91 Å². The first-order valence-corrected chi connectivity index (χ1v) is 5.41. The summed E-state index contributed by atoms with van der Waals surface area (Å²) in [6, 6.07) is 1.79. The average Bonchev–Trinajstić information content (AvgIpc) is 2.81. The quantitative estimate of drug-likeness (QED) is 0.687. The minimum absolute atomic E-state index is 0.0436. The Morgan fingerprint density at radius 3 is 3.31 bits per heavy atom. The molecule has 0 radical (unpaired) electrons. The van der Waals surface area contributed by atoms with Crippen molar-refractivity contribution in [1.29, 1.82) is 0 Å². The van der Waals surface area contributed by atoms with Crippen LogP contribution in [0.25, 0.3) is 0 Å². The van der Waals surface area contributed by atoms with E-state index >= 15 is 0 Å². The number of ether oxygens (including phenoxy) is 1. The van der Waals surface area contributed by atoms with E-state index in [-0.39, 0.29) is 18.6 Å². The molecule has 0 spiro atoms. The van der Waals surface area contributed by atoms with Crippen LogP contribution in [0.4, 0.5) is 0 Å². The molecule has 1 aliphatic heterocycles. The van der Waals surface area contributed by atoms with Crippen LogP contribution in [0.15, 0.2) is 18.5 Å². The molecule has 2 N–H and O–H groups in total. The van der Waals surface area contributed by atoms with Crippen molar-refractivity contribution in [3.05, 3.63) is 18.5 Å². The Hall–Kier alpha value is -1.40. The lowest BCUT2D eigenvalue weighted by molar-refractivity contribution is -0.122. The molecule has 1 amide bonds. The highest BCUT2D eigenvalue weighted by Crippen LogP contribution is 1.94. The summed E-state index contributed by atoms with van der Waals surface area (Å²) >= 11 is 0. The van der Waals surface area contributed by atoms with E-state index in [0.29, 0.717) is 13.2 Å². The number of aromatic nitrogens is 2. The SMILES string of the molecule is O=C(Cn1cccn1)NCC1CNCCO1. The predicted molar refractivity (Wildman–Crippen MR) is 57.8 cm³/mol. The van der Waals surface area contributed by atoms with Gasteiger partial charge in [0, 0.05) is 32.0 Å². The number of morpholine rings is 1. The fraction of sp³-hybridized carbons (Fsp3) is 0.600. The standard InChI is InChI=1S/C10H16N4O2/c15-10(8-14-4-1-2-13-14)12-7-9-6-11-3-5-16-9/h1-2,4,9,11H,3,5-8H2,(H,12,15). The van der Waals surface area contributed by atoms with Gasteiger partial charge in [-0.05, 0) is 6.07 Å². The molecule has 1 unspecified atom stereocenters. The number of carbonyl (C=O) groups is 1. The third-order valence-corrected chi connectivity index (χ3v) is 2.40. The van der Waals surface area contributed by atoms with Crippen LogP contribution < -0.4 is 10.6 Å². The van der Waals surface area contributed by atoms with Crippen molar-refractivity contribution in [2.24, 2.45) is 0 Å². The highest BCUT2D eigenvalue weighted by molar-refractivity contribution is 5.75. The fourth-order valence-corrected chi connectivity index (χ4v) is 1.58. The lowest BCUT2D eigenvalue weighted by atomic mass is 10.3. The van der Waals surface area contributed by atoms with Gasteiger partial charge in [-0.3, -0.25) is 9.48 Å². The first-order chi connectivity index (χ1) is 7.84. The summed E-state index contributed by atoms with van der Waals surface area (Å²) in [7, 11) is 0. The third-order valence-electron chi connectivity index (χ3n) is 2.40. The first-order valence-electron chi connectivity index (χ1n) is 5.41. The Balaban J connectivity index is 1.67. The van der Waals surface area contributed by atoms with Crippen molar-refractivity contribution in [3.8, 4) is 0 Å². The molecular weight excluding hydrogens is 208 g/mol. The van der Waals surface area contributed by atoms with Gasteiger partial charge in [0.1, 0.15) is 6.54 Å². The summed E-state index contributed by atoms with van der Waals surface area (Å²) in [4.78, 5) is 11.5. The third kappa shape index (κ3) is 3.32. The lowest BCUT2D eigenvalue weighted by Gasteiger charge is -2.23. The molecule has 88 valence electrons. The van der Waals surface area contributed by atoms with E-state index in [2.05, 4.69) is 15.7 Å². The molecule has 1 saturated heterocycles. The Kier molecular flexibility index (Phi) is 3.90. The van der Waals surface area contributed by atoms with Crippen LogP contribution >= 0.6 is 0 Å². The predicted octanol–water partition coefficient (Wildman–Crippen LogP) is -1.01. The Labute approximate surface area is 94.0 Å². The van der Waals surface area contributed by atoms with E-state index in [1.54, 1.807) is 23.1 Å². The van der Waals surface area contributed by atoms with E-state index in [9.17, 15) is 4.79 Å². The number of hydrogen-bond donors (Lipinski definition) is 2. The van der Waals surface area contributed by atoms with Crippen LogP contribution in [-0.2, 0) is 16.1 Å². The van der Waals surface area contributed by atoms with Crippen molar-refractivity contribution < 1.29 is 9.53 Å². The minimum atomic E-state index is -0.0436. The number of rotatable bonds is 4. The van der Waals surface area contributed by atoms with Gasteiger partial charge in [-0.1, -0.05) is 0 Å². The smallest absolute Gasteiger partial charge is 0.241 e. The maximum atomic E-state index is 11.5. The molecule has 1 aromatic heterocycles. The Morgan fingerprint density at radius 1 is 1.69 bits per heavy atom. The molecule has 0 saturated carbocycles. The van der Waals surface area contributed by atoms with E-state index in [4.69, 9.17) is 4.74 Å². The van der Waals surface area contributed by atoms with Crippen LogP contribution in [0.5, 0.6) is 0 Å². The highest BCUT2D eigenvalue weighted by atomic mass is 16.5. The molecule has 16 heavy (non-hydrogen) atoms. The lowest BCUT2D eigenvalue weighted by Crippen LogP contribution is -2.45. The molecular formula is C10H16N4O2. The van der Waals surface area contributed by atoms with Crippen LogP contribution in [0, 0.1) is 0 Å². The molecule has 0 aromatic carbocycles. The van der Waals surface area contributed by atoms with Gasteiger partial charge in [0.15, 0.2) is 0 Å². The molecule has 2 rings (SSSR count). The van der Waals surface area contributed by atoms with Crippen molar-refractivity contribution in [2.75, 3.05) is 26.2 Å². The number of carbonyl (C=O) groups excluding carboxylic acids is 1. The largest absolute Gasteiger partial charge is 0.374 e. The summed E-state index contributed by atoms with van der Waals surface area (Å²) in [5.41, 5.74) is 0. The zero-order valence-electron chi connectivity index (χ0n) is 9.06. The zero-order valence-corrected chi connectivity index (χ0v) is 9.06. The normalized spacial score (nSPS) is 20.6. The Morgan fingerprint density at radius 2 is 2.62 bits per heavy atom. The summed E-state index contributed by atoms with van der Waals surface area (Å²) in [6.45, 7) is 3.19. The van der Waals surface area contributed by atoms with Crippen molar-refractivity contribution >= 4 is 5.91 Å². The number of amides is 1. The summed E-state index contributed by atoms with van der Waals surface area (Å²) < 4.78 is 7.06. The second-order valence-corrected chi connectivity index (χ2v) is 3.70. The average molecular weight is 224 g/mol. The van der Waals surface area contributed by atoms with Gasteiger partial charge in [0.05, 0.1) is 12.7 Å². The van der Waals surface area contributed by atoms with Gasteiger partial charge >= 0.3 is 0 Å². The van der Waals surface area contributed by atoms with Gasteiger partial charge in [0.25, 0.3) is 0 Å². The van der Waals surface area contributed by atoms with E-state index in [0.717, 1.165) is 13.1 Å². The van der Waals surface area contributed by atoms with Crippen molar-refractivity contribution in [3.63, 3.8) is 0 Å². The number of hydrogen-bond acceptors (Lipinski definition) is 4. The highest BCUT2D eigenvalue weighted by Gasteiger charge is 2.14. The second kappa shape index (κ2) is 5.62. The number of nitrogens with zero attached hydrogens (tertiary/aromatic N) is 2. The van der Waals surface area contributed by atoms with E-state index in [1.165, 1.54) is 0 Å². The van der Waals surface area contributed by atoms with E-state index < -0.39 is 0 Å². The van der Waals surface area contributed by atoms with Crippen molar-refractivity contribution in [1.82, 2.24) is 20.4 Å². The molecule has 1 atom stereocenters. The molecule has 2 heterocycles. The van der Waals surface area contributed by atoms with Crippen LogP contribution in [0.1, 0.15) is 0 Å². The summed E-state index contributed by atoms with van der Waals surface area (Å²) in [6.07, 6.45) is 3.50. The molecule has 0 bridgehead atoms. The number of nitrogens with one attached hydrogen (secondary N) is 2. The summed E-state index contributed by atoms with van der Waals surface area (Å²) in [5.74, 6) is -0.0436. The molecule has 1 fully saturated rings. The monoisotopic (exact) mass is 224 g/mol. The van der Waals surface area contributed by atoms with Crippen LogP contribution in [-0.4, -0.2) is 48.0 Å². The maximum Gasteiger partial charge on any atom is 0.241 e. The van der Waals surface area contributed by atoms with Crippen LogP contribution in [0.3, 0.4) is 0 Å². The summed E-state index contributed by atoms with van der Waals surface area (Å²) in [5, 5.41) is 10.00. The molecule has 6 nitrogen and oxygen atoms in total. The molecule has 1 aliphatic rings. The van der Waals surface area contributed by atoms with Gasteiger partial charge < -0.3 is 15.4 Å². The Bertz CT molecular complexity index is 320. The molecule has 6 heteroatoms. The topological polar surface area (TPSA) is 68.2 Å². The molecule has 0 aliphatic carbocycles.